The molecule has 0 aliphatic heterocycles. The molecular formula is C33H33N3O4S. The summed E-state index contributed by atoms with van der Waals surface area (Å²) >= 11 is 0. The van der Waals surface area contributed by atoms with Crippen molar-refractivity contribution in [2.24, 2.45) is 7.05 Å². The van der Waals surface area contributed by atoms with E-state index in [2.05, 4.69) is 26.1 Å². The summed E-state index contributed by atoms with van der Waals surface area (Å²) in [5.74, 6) is -0.230. The van der Waals surface area contributed by atoms with Crippen LogP contribution >= 0.6 is 0 Å². The molecule has 0 atom stereocenters. The number of nitrogens with zero attached hydrogens (tertiary/aromatic N) is 2. The molecule has 0 bridgehead atoms. The normalized spacial score (nSPS) is 12.0. The zero-order valence-electron chi connectivity index (χ0n) is 24.0. The minimum atomic E-state index is -4.01. The lowest BCUT2D eigenvalue weighted by Gasteiger charge is -2.19. The van der Waals surface area contributed by atoms with Crippen LogP contribution in [0.3, 0.4) is 0 Å². The maximum Gasteiger partial charge on any atom is 0.275 e. The average molecular weight is 568 g/mol. The van der Waals surface area contributed by atoms with Crippen LogP contribution in [0.4, 0.5) is 5.69 Å². The van der Waals surface area contributed by atoms with E-state index in [9.17, 15) is 18.0 Å². The monoisotopic (exact) mass is 567 g/mol. The largest absolute Gasteiger partial charge is 0.322 e. The Morgan fingerprint density at radius 1 is 0.854 bits per heavy atom. The van der Waals surface area contributed by atoms with Gasteiger partial charge in [0.15, 0.2) is 0 Å². The van der Waals surface area contributed by atoms with Crippen molar-refractivity contribution in [3.8, 4) is 11.1 Å². The van der Waals surface area contributed by atoms with Crippen molar-refractivity contribution in [3.05, 3.63) is 118 Å². The highest BCUT2D eigenvalue weighted by molar-refractivity contribution is 7.90. The molecule has 2 heterocycles. The van der Waals surface area contributed by atoms with E-state index in [1.807, 2.05) is 56.3 Å². The van der Waals surface area contributed by atoms with Crippen LogP contribution in [0.5, 0.6) is 0 Å². The molecule has 3 aromatic carbocycles. The van der Waals surface area contributed by atoms with Crippen molar-refractivity contribution in [3.63, 3.8) is 0 Å². The van der Waals surface area contributed by atoms with Crippen molar-refractivity contribution >= 4 is 32.5 Å². The third kappa shape index (κ3) is 5.11. The van der Waals surface area contributed by atoms with E-state index in [0.717, 1.165) is 26.2 Å². The van der Waals surface area contributed by atoms with Crippen LogP contribution < -0.4 is 10.9 Å². The standard InChI is InChI=1S/C33H33N3O4S/c1-21-10-16-25(17-11-21)41(39,40)36-19-18-27-28(20-35(6)32(38)30(27)36)26-8-7-9-29(22(26)2)34-31(37)23-12-14-24(15-13-23)33(3,4)5/h7-20H,1-6H3,(H,34,37). The maximum absolute atomic E-state index is 13.6. The number of carbonyl (C=O) groups excluding carboxylic acids is 1. The van der Waals surface area contributed by atoms with E-state index >= 15 is 0 Å². The third-order valence-corrected chi connectivity index (χ3v) is 9.14. The van der Waals surface area contributed by atoms with Gasteiger partial charge in [-0.2, -0.15) is 0 Å². The van der Waals surface area contributed by atoms with Crippen LogP contribution in [-0.4, -0.2) is 22.9 Å². The molecule has 0 unspecified atom stereocenters. The van der Waals surface area contributed by atoms with Gasteiger partial charge in [-0.3, -0.25) is 9.59 Å². The second-order valence-corrected chi connectivity index (χ2v) is 13.2. The molecule has 210 valence electrons. The predicted octanol–water partition coefficient (Wildman–Crippen LogP) is 6.41. The smallest absolute Gasteiger partial charge is 0.275 e. The number of aryl methyl sites for hydroxylation is 2. The van der Waals surface area contributed by atoms with Crippen molar-refractivity contribution in [1.29, 1.82) is 0 Å². The van der Waals surface area contributed by atoms with Gasteiger partial charge in [-0.25, -0.2) is 12.4 Å². The SMILES string of the molecule is Cc1ccc(S(=O)(=O)n2ccc3c(-c4cccc(NC(=O)c5ccc(C(C)(C)C)cc5)c4C)cn(C)c(=O)c32)cc1. The van der Waals surface area contributed by atoms with Gasteiger partial charge in [0.05, 0.1) is 4.90 Å². The molecule has 1 amide bonds. The van der Waals surface area contributed by atoms with Crippen LogP contribution in [-0.2, 0) is 22.5 Å². The second-order valence-electron chi connectivity index (χ2n) is 11.4. The number of carbonyl (C=O) groups is 1. The summed E-state index contributed by atoms with van der Waals surface area (Å²) in [5, 5.41) is 3.52. The zero-order chi connectivity index (χ0) is 29.7. The first-order valence-electron chi connectivity index (χ1n) is 13.3. The highest BCUT2D eigenvalue weighted by Gasteiger charge is 2.24. The van der Waals surface area contributed by atoms with Gasteiger partial charge in [0, 0.05) is 41.6 Å². The van der Waals surface area contributed by atoms with Gasteiger partial charge in [0.25, 0.3) is 21.5 Å². The first-order valence-corrected chi connectivity index (χ1v) is 14.8. The molecular weight excluding hydrogens is 534 g/mol. The molecule has 0 aliphatic rings. The first-order chi connectivity index (χ1) is 19.3. The molecule has 41 heavy (non-hydrogen) atoms. The number of hydrogen-bond acceptors (Lipinski definition) is 4. The topological polar surface area (TPSA) is 90.2 Å². The van der Waals surface area contributed by atoms with Crippen molar-refractivity contribution in [1.82, 2.24) is 8.54 Å². The Labute approximate surface area is 240 Å². The summed E-state index contributed by atoms with van der Waals surface area (Å²) in [5.41, 5.74) is 5.13. The molecule has 5 rings (SSSR count). The Balaban J connectivity index is 1.57. The number of amides is 1. The van der Waals surface area contributed by atoms with Crippen molar-refractivity contribution in [2.75, 3.05) is 5.32 Å². The molecule has 2 aromatic heterocycles. The third-order valence-electron chi connectivity index (χ3n) is 7.45. The van der Waals surface area contributed by atoms with Crippen molar-refractivity contribution < 1.29 is 13.2 Å². The van der Waals surface area contributed by atoms with E-state index in [-0.39, 0.29) is 21.7 Å². The lowest BCUT2D eigenvalue weighted by molar-refractivity contribution is 0.102. The summed E-state index contributed by atoms with van der Waals surface area (Å²) in [7, 11) is -2.41. The molecule has 0 radical (unpaired) electrons. The van der Waals surface area contributed by atoms with Gasteiger partial charge in [0.2, 0.25) is 0 Å². The lowest BCUT2D eigenvalue weighted by Crippen LogP contribution is -2.22. The Kier molecular flexibility index (Phi) is 6.99. The summed E-state index contributed by atoms with van der Waals surface area (Å²) in [4.78, 5) is 26.5. The zero-order valence-corrected chi connectivity index (χ0v) is 24.8. The minimum Gasteiger partial charge on any atom is -0.322 e. The van der Waals surface area contributed by atoms with Crippen LogP contribution in [0.2, 0.25) is 0 Å². The summed E-state index contributed by atoms with van der Waals surface area (Å²) in [6, 6.07) is 21.3. The fourth-order valence-electron chi connectivity index (χ4n) is 4.95. The number of benzene rings is 3. The molecule has 8 heteroatoms. The fourth-order valence-corrected chi connectivity index (χ4v) is 6.29. The van der Waals surface area contributed by atoms with Gasteiger partial charge < -0.3 is 9.88 Å². The molecule has 0 spiro atoms. The van der Waals surface area contributed by atoms with E-state index in [1.54, 1.807) is 31.4 Å². The van der Waals surface area contributed by atoms with Gasteiger partial charge in [-0.15, -0.1) is 0 Å². The van der Waals surface area contributed by atoms with Gasteiger partial charge in [-0.05, 0) is 72.4 Å². The number of fused-ring (bicyclic) bond motifs is 1. The number of nitrogens with one attached hydrogen (secondary N) is 1. The molecule has 5 aromatic rings. The van der Waals surface area contributed by atoms with Crippen LogP contribution in [0, 0.1) is 13.8 Å². The van der Waals surface area contributed by atoms with Crippen molar-refractivity contribution in [2.45, 2.75) is 44.9 Å². The maximum atomic E-state index is 13.6. The molecule has 0 saturated carbocycles. The van der Waals surface area contributed by atoms with Gasteiger partial charge >= 0.3 is 0 Å². The molecule has 7 nitrogen and oxygen atoms in total. The Morgan fingerprint density at radius 2 is 1.51 bits per heavy atom. The van der Waals surface area contributed by atoms with E-state index < -0.39 is 15.6 Å². The van der Waals surface area contributed by atoms with Gasteiger partial charge in [-0.1, -0.05) is 62.7 Å². The first kappa shape index (κ1) is 28.1. The number of aromatic nitrogens is 2. The predicted molar refractivity (Wildman–Crippen MR) is 164 cm³/mol. The Hall–Kier alpha value is -4.43. The average Bonchev–Trinajstić information content (AvgIpc) is 3.38. The summed E-state index contributed by atoms with van der Waals surface area (Å²) in [6.45, 7) is 10.1. The lowest BCUT2D eigenvalue weighted by atomic mass is 9.86. The quantitative estimate of drug-likeness (QED) is 0.266. The van der Waals surface area contributed by atoms with Crippen LogP contribution in [0.1, 0.15) is 47.8 Å². The van der Waals surface area contributed by atoms with E-state index in [0.29, 0.717) is 22.2 Å². The highest BCUT2D eigenvalue weighted by atomic mass is 32.2. The van der Waals surface area contributed by atoms with E-state index in [1.165, 1.54) is 22.9 Å². The van der Waals surface area contributed by atoms with Crippen LogP contribution in [0.15, 0.2) is 94.9 Å². The molecule has 0 fully saturated rings. The van der Waals surface area contributed by atoms with Crippen LogP contribution in [0.25, 0.3) is 22.0 Å². The van der Waals surface area contributed by atoms with E-state index in [4.69, 9.17) is 0 Å². The number of pyridine rings is 1. The second kappa shape index (κ2) is 10.2. The summed E-state index contributed by atoms with van der Waals surface area (Å²) < 4.78 is 29.5. The summed E-state index contributed by atoms with van der Waals surface area (Å²) in [6.07, 6.45) is 3.12. The number of anilines is 1. The Morgan fingerprint density at radius 3 is 2.15 bits per heavy atom. The van der Waals surface area contributed by atoms with Gasteiger partial charge in [0.1, 0.15) is 5.52 Å². The number of rotatable bonds is 5. The molecule has 0 saturated heterocycles. The fraction of sp³-hybridized carbons (Fsp3) is 0.212. The molecule has 1 N–H and O–H groups in total. The number of hydrogen-bond donors (Lipinski definition) is 1. The molecule has 0 aliphatic carbocycles. The minimum absolute atomic E-state index is 0.0144. The Bertz CT molecular complexity index is 1960. The highest BCUT2D eigenvalue weighted by Crippen LogP contribution is 2.34.